The summed E-state index contributed by atoms with van der Waals surface area (Å²) in [7, 11) is 1.62. The highest BCUT2D eigenvalue weighted by molar-refractivity contribution is 6.30. The van der Waals surface area contributed by atoms with Gasteiger partial charge in [0.2, 0.25) is 0 Å². The molecule has 2 aromatic carbocycles. The summed E-state index contributed by atoms with van der Waals surface area (Å²) in [6.45, 7) is 4.50. The Labute approximate surface area is 145 Å². The van der Waals surface area contributed by atoms with Crippen LogP contribution in [0, 0.1) is 6.92 Å². The van der Waals surface area contributed by atoms with Crippen molar-refractivity contribution >= 4 is 11.6 Å². The van der Waals surface area contributed by atoms with Gasteiger partial charge >= 0.3 is 0 Å². The lowest BCUT2D eigenvalue weighted by molar-refractivity contribution is 0.340. The van der Waals surface area contributed by atoms with Gasteiger partial charge in [0.1, 0.15) is 17.3 Å². The van der Waals surface area contributed by atoms with E-state index in [-0.39, 0.29) is 0 Å². The topological polar surface area (TPSA) is 49.2 Å². The summed E-state index contributed by atoms with van der Waals surface area (Å²) in [6.07, 6.45) is 0. The van der Waals surface area contributed by atoms with E-state index in [1.807, 2.05) is 54.8 Å². The van der Waals surface area contributed by atoms with Crippen LogP contribution in [0.1, 0.15) is 12.7 Å². The molecular weight excluding hydrogens is 326 g/mol. The molecule has 0 saturated carbocycles. The monoisotopic (exact) mass is 343 g/mol. The van der Waals surface area contributed by atoms with Crippen LogP contribution >= 0.6 is 11.6 Å². The van der Waals surface area contributed by atoms with Gasteiger partial charge in [-0.15, -0.1) is 10.2 Å². The van der Waals surface area contributed by atoms with Crippen LogP contribution in [0.4, 0.5) is 0 Å². The van der Waals surface area contributed by atoms with Gasteiger partial charge in [0.15, 0.2) is 5.82 Å². The molecule has 6 heteroatoms. The molecule has 0 aliphatic carbocycles. The van der Waals surface area contributed by atoms with Crippen LogP contribution < -0.4 is 9.47 Å². The molecule has 0 amide bonds. The minimum atomic E-state index is 0.615. The molecule has 1 heterocycles. The SMILES string of the molecule is CCOc1ccc(-c2nnc(C)n2-c2ccc(Cl)cc2OC)cc1. The number of hydrogen-bond donors (Lipinski definition) is 0. The third-order valence-electron chi connectivity index (χ3n) is 3.63. The number of aromatic nitrogens is 3. The van der Waals surface area contributed by atoms with Gasteiger partial charge < -0.3 is 9.47 Å². The highest BCUT2D eigenvalue weighted by Gasteiger charge is 2.16. The normalized spacial score (nSPS) is 10.7. The van der Waals surface area contributed by atoms with Crippen molar-refractivity contribution in [2.45, 2.75) is 13.8 Å². The van der Waals surface area contributed by atoms with Gasteiger partial charge in [0.05, 0.1) is 19.4 Å². The van der Waals surface area contributed by atoms with Crippen LogP contribution in [0.2, 0.25) is 5.02 Å². The second-order valence-electron chi connectivity index (χ2n) is 5.18. The lowest BCUT2D eigenvalue weighted by Crippen LogP contribution is -2.02. The Bertz CT molecular complexity index is 844. The van der Waals surface area contributed by atoms with Crippen LogP contribution in [-0.2, 0) is 0 Å². The molecule has 3 aromatic rings. The Balaban J connectivity index is 2.09. The number of ether oxygens (including phenoxy) is 2. The molecule has 0 bridgehead atoms. The van der Waals surface area contributed by atoms with Gasteiger partial charge in [0, 0.05) is 16.7 Å². The largest absolute Gasteiger partial charge is 0.495 e. The van der Waals surface area contributed by atoms with Crippen molar-refractivity contribution in [2.75, 3.05) is 13.7 Å². The number of aryl methyl sites for hydroxylation is 1. The van der Waals surface area contributed by atoms with Gasteiger partial charge in [-0.2, -0.15) is 0 Å². The summed E-state index contributed by atoms with van der Waals surface area (Å²) in [5.74, 6) is 2.99. The maximum absolute atomic E-state index is 6.07. The van der Waals surface area contributed by atoms with Crippen LogP contribution in [0.3, 0.4) is 0 Å². The van der Waals surface area contributed by atoms with Crippen LogP contribution in [0.25, 0.3) is 17.1 Å². The summed E-state index contributed by atoms with van der Waals surface area (Å²) in [5.41, 5.74) is 1.78. The van der Waals surface area contributed by atoms with Crippen molar-refractivity contribution in [3.8, 4) is 28.6 Å². The summed E-state index contributed by atoms with van der Waals surface area (Å²) in [6, 6.07) is 13.3. The first-order chi connectivity index (χ1) is 11.6. The van der Waals surface area contributed by atoms with Gasteiger partial charge in [-0.25, -0.2) is 0 Å². The van der Waals surface area contributed by atoms with E-state index in [1.165, 1.54) is 0 Å². The predicted octanol–water partition coefficient (Wildman–Crippen LogP) is 4.30. The average molecular weight is 344 g/mol. The third-order valence-corrected chi connectivity index (χ3v) is 3.87. The molecule has 3 rings (SSSR count). The van der Waals surface area contributed by atoms with E-state index in [0.717, 1.165) is 28.6 Å². The van der Waals surface area contributed by atoms with E-state index in [4.69, 9.17) is 21.1 Å². The lowest BCUT2D eigenvalue weighted by atomic mass is 10.2. The maximum atomic E-state index is 6.07. The fourth-order valence-corrected chi connectivity index (χ4v) is 2.70. The zero-order chi connectivity index (χ0) is 17.1. The molecule has 0 unspecified atom stereocenters. The summed E-state index contributed by atoms with van der Waals surface area (Å²) in [5, 5.41) is 9.15. The first-order valence-corrected chi connectivity index (χ1v) is 8.01. The van der Waals surface area contributed by atoms with Crippen molar-refractivity contribution in [1.82, 2.24) is 14.8 Å². The summed E-state index contributed by atoms with van der Waals surface area (Å²) < 4.78 is 12.9. The molecule has 0 saturated heterocycles. The Kier molecular flexibility index (Phi) is 4.71. The Morgan fingerprint density at radius 2 is 1.83 bits per heavy atom. The molecule has 0 aliphatic rings. The van der Waals surface area contributed by atoms with E-state index in [9.17, 15) is 0 Å². The Morgan fingerprint density at radius 1 is 1.08 bits per heavy atom. The maximum Gasteiger partial charge on any atom is 0.168 e. The third kappa shape index (κ3) is 3.08. The number of nitrogens with zero attached hydrogens (tertiary/aromatic N) is 3. The zero-order valence-corrected chi connectivity index (χ0v) is 14.5. The van der Waals surface area contributed by atoms with Crippen molar-refractivity contribution < 1.29 is 9.47 Å². The molecule has 0 fully saturated rings. The lowest BCUT2D eigenvalue weighted by Gasteiger charge is -2.13. The number of halogens is 1. The zero-order valence-electron chi connectivity index (χ0n) is 13.8. The van der Waals surface area contributed by atoms with Crippen molar-refractivity contribution in [1.29, 1.82) is 0 Å². The van der Waals surface area contributed by atoms with Gasteiger partial charge in [-0.3, -0.25) is 4.57 Å². The number of hydrogen-bond acceptors (Lipinski definition) is 4. The van der Waals surface area contributed by atoms with E-state index < -0.39 is 0 Å². The fourth-order valence-electron chi connectivity index (χ4n) is 2.54. The molecule has 5 nitrogen and oxygen atoms in total. The molecule has 0 radical (unpaired) electrons. The minimum Gasteiger partial charge on any atom is -0.495 e. The fraction of sp³-hybridized carbons (Fsp3) is 0.222. The molecular formula is C18H18ClN3O2. The number of methoxy groups -OCH3 is 1. The molecule has 0 atom stereocenters. The van der Waals surface area contributed by atoms with Crippen molar-refractivity contribution in [3.05, 3.63) is 53.3 Å². The van der Waals surface area contributed by atoms with Crippen LogP contribution in [-0.4, -0.2) is 28.5 Å². The summed E-state index contributed by atoms with van der Waals surface area (Å²) >= 11 is 6.07. The summed E-state index contributed by atoms with van der Waals surface area (Å²) in [4.78, 5) is 0. The van der Waals surface area contributed by atoms with Crippen molar-refractivity contribution in [2.24, 2.45) is 0 Å². The smallest absolute Gasteiger partial charge is 0.168 e. The van der Waals surface area contributed by atoms with Crippen molar-refractivity contribution in [3.63, 3.8) is 0 Å². The Morgan fingerprint density at radius 3 is 2.50 bits per heavy atom. The van der Waals surface area contributed by atoms with Gasteiger partial charge in [-0.1, -0.05) is 11.6 Å². The van der Waals surface area contributed by atoms with E-state index >= 15 is 0 Å². The quantitative estimate of drug-likeness (QED) is 0.693. The van der Waals surface area contributed by atoms with Crippen LogP contribution in [0.5, 0.6) is 11.5 Å². The number of benzene rings is 2. The first-order valence-electron chi connectivity index (χ1n) is 7.63. The van der Waals surface area contributed by atoms with E-state index in [0.29, 0.717) is 17.4 Å². The van der Waals surface area contributed by atoms with Gasteiger partial charge in [-0.05, 0) is 50.2 Å². The molecule has 24 heavy (non-hydrogen) atoms. The number of rotatable bonds is 5. The highest BCUT2D eigenvalue weighted by atomic mass is 35.5. The van der Waals surface area contributed by atoms with Crippen LogP contribution in [0.15, 0.2) is 42.5 Å². The molecule has 0 N–H and O–H groups in total. The second-order valence-corrected chi connectivity index (χ2v) is 5.62. The Hall–Kier alpha value is -2.53. The van der Waals surface area contributed by atoms with E-state index in [2.05, 4.69) is 10.2 Å². The minimum absolute atomic E-state index is 0.615. The first kappa shape index (κ1) is 16.3. The molecule has 1 aromatic heterocycles. The molecule has 124 valence electrons. The standard InChI is InChI=1S/C18H18ClN3O2/c1-4-24-15-8-5-13(6-9-15)18-21-20-12(2)22(18)16-10-7-14(19)11-17(16)23-3/h5-11H,4H2,1-3H3. The van der Waals surface area contributed by atoms with Gasteiger partial charge in [0.25, 0.3) is 0 Å². The predicted molar refractivity (Wildman–Crippen MR) is 94.3 cm³/mol. The molecule has 0 spiro atoms. The second kappa shape index (κ2) is 6.93. The average Bonchev–Trinajstić information content (AvgIpc) is 2.97. The highest BCUT2D eigenvalue weighted by Crippen LogP contribution is 2.31. The van der Waals surface area contributed by atoms with E-state index in [1.54, 1.807) is 13.2 Å². The molecule has 0 aliphatic heterocycles.